The Morgan fingerprint density at radius 2 is 1.39 bits per heavy atom. The highest BCUT2D eigenvalue weighted by Gasteiger charge is 2.52. The summed E-state index contributed by atoms with van der Waals surface area (Å²) in [5.74, 6) is -2.44. The van der Waals surface area contributed by atoms with Gasteiger partial charge < -0.3 is 113 Å². The van der Waals surface area contributed by atoms with E-state index in [1.54, 1.807) is 0 Å². The van der Waals surface area contributed by atoms with E-state index < -0.39 is 135 Å². The fourth-order valence-corrected chi connectivity index (χ4v) is 7.46. The van der Waals surface area contributed by atoms with Crippen LogP contribution >= 0.6 is 0 Å². The van der Waals surface area contributed by atoms with E-state index in [4.69, 9.17) is 42.3 Å². The van der Waals surface area contributed by atoms with Crippen molar-refractivity contribution in [2.75, 3.05) is 34.0 Å². The van der Waals surface area contributed by atoms with E-state index in [2.05, 4.69) is 4.74 Å². The van der Waals surface area contributed by atoms with E-state index >= 15 is 0 Å². The average molecular weight is 952 g/mol. The second-order valence-electron chi connectivity index (χ2n) is 15.8. The van der Waals surface area contributed by atoms with Gasteiger partial charge in [-0.2, -0.15) is 0 Å². The lowest BCUT2D eigenvalue weighted by Crippen LogP contribution is -2.64. The van der Waals surface area contributed by atoms with Crippen molar-refractivity contribution in [3.63, 3.8) is 0 Å². The molecular weight excluding hydrogens is 900 g/mol. The summed E-state index contributed by atoms with van der Waals surface area (Å²) < 4.78 is 55.2. The summed E-state index contributed by atoms with van der Waals surface area (Å²) in [6.07, 6.45) is -23.8. The minimum atomic E-state index is -2.03. The molecule has 5 aliphatic rings. The Kier molecular flexibility index (Phi) is 15.4. The molecule has 2 aromatic carbocycles. The van der Waals surface area contributed by atoms with Crippen LogP contribution in [0.2, 0.25) is 0 Å². The van der Waals surface area contributed by atoms with Gasteiger partial charge in [0, 0.05) is 23.8 Å². The summed E-state index contributed by atoms with van der Waals surface area (Å²) in [6, 6.07) is 9.54. The lowest BCUT2D eigenvalue weighted by Gasteiger charge is -2.45. The van der Waals surface area contributed by atoms with Crippen LogP contribution in [0, 0.1) is 0 Å². The Morgan fingerprint density at radius 3 is 2.07 bits per heavy atom. The Balaban J connectivity index is 1.11. The number of benzene rings is 3. The Labute approximate surface area is 378 Å². The molecule has 4 aliphatic heterocycles. The Morgan fingerprint density at radius 1 is 0.716 bits per heavy atom. The van der Waals surface area contributed by atoms with Gasteiger partial charge in [-0.3, -0.25) is 4.79 Å². The van der Waals surface area contributed by atoms with Crippen molar-refractivity contribution in [2.24, 2.45) is 0 Å². The molecule has 1 aliphatic carbocycles. The van der Waals surface area contributed by atoms with Crippen LogP contribution in [0.15, 0.2) is 63.8 Å². The quantitative estimate of drug-likeness (QED) is 0.0327. The van der Waals surface area contributed by atoms with E-state index in [9.17, 15) is 71.2 Å². The van der Waals surface area contributed by atoms with Crippen molar-refractivity contribution in [1.82, 2.24) is 0 Å². The lowest BCUT2D eigenvalue weighted by molar-refractivity contribution is -0.355. The van der Waals surface area contributed by atoms with Gasteiger partial charge in [-0.05, 0) is 48.0 Å². The minimum Gasteiger partial charge on any atom is -0.507 e. The first-order valence-electron chi connectivity index (χ1n) is 20.5. The number of aromatic hydroxyl groups is 4. The number of rotatable bonds is 15. The van der Waals surface area contributed by atoms with Crippen molar-refractivity contribution >= 4 is 6.08 Å². The molecule has 3 saturated heterocycles. The number of methoxy groups -OCH3 is 2. The van der Waals surface area contributed by atoms with Gasteiger partial charge in [0.05, 0.1) is 33.0 Å². The highest BCUT2D eigenvalue weighted by molar-refractivity contribution is 5.76. The maximum atomic E-state index is 12.3. The van der Waals surface area contributed by atoms with Crippen molar-refractivity contribution in [2.45, 2.75) is 92.3 Å². The average Bonchev–Trinajstić information content (AvgIpc) is 3.30. The fourth-order valence-electron chi connectivity index (χ4n) is 7.46. The normalized spacial score (nSPS) is 31.7. The molecule has 0 radical (unpaired) electrons. The second-order valence-corrected chi connectivity index (χ2v) is 15.8. The lowest BCUT2D eigenvalue weighted by atomic mass is 9.97. The van der Waals surface area contributed by atoms with Crippen LogP contribution in [0.1, 0.15) is 5.56 Å². The first-order valence-corrected chi connectivity index (χ1v) is 20.5. The van der Waals surface area contributed by atoms with Gasteiger partial charge in [0.2, 0.25) is 12.0 Å². The molecule has 24 nitrogen and oxygen atoms in total. The highest BCUT2D eigenvalue weighted by Crippen LogP contribution is 2.44. The van der Waals surface area contributed by atoms with Gasteiger partial charge >= 0.3 is 0 Å². The van der Waals surface area contributed by atoms with Crippen LogP contribution in [0.4, 0.5) is 0 Å². The molecule has 15 atom stereocenters. The largest absolute Gasteiger partial charge is 0.507 e. The third-order valence-corrected chi connectivity index (χ3v) is 11.2. The van der Waals surface area contributed by atoms with Gasteiger partial charge in [-0.25, -0.2) is 0 Å². The third kappa shape index (κ3) is 10.7. The third-order valence-electron chi connectivity index (χ3n) is 11.2. The van der Waals surface area contributed by atoms with Crippen LogP contribution < -0.4 is 19.6 Å². The second kappa shape index (κ2) is 20.9. The monoisotopic (exact) mass is 951 g/mol. The van der Waals surface area contributed by atoms with Gasteiger partial charge in [0.15, 0.2) is 71.3 Å². The zero-order valence-electron chi connectivity index (χ0n) is 35.4. The zero-order chi connectivity index (χ0) is 48.4. The van der Waals surface area contributed by atoms with Crippen molar-refractivity contribution in [1.29, 1.82) is 0 Å². The molecule has 7 rings (SSSR count). The molecule has 24 heteroatoms. The van der Waals surface area contributed by atoms with E-state index in [0.29, 0.717) is 5.56 Å². The molecule has 1 unspecified atom stereocenters. The number of ether oxygens (including phenoxy) is 9. The Hall–Kier alpha value is -5.39. The standard InChI is InChI=1S/C43H50O24/c1-58-25-7-16(8-26(59-2)32(25)51)3-6-30(49)60-14-28-33(52)35(54)38(57)41(65-28)62-15-29-34(53)36(55)40(67-42-37(56)31(50)23(48)13-61-42)43(66-29)64-27-12-19-21(46)10-18(44)11-24(19)63-39(27)17-4-5-20(45)22(47)9-17/h3-12,23,28-31,33-38,40-43,45-57H,13-15H2,1-2H3/p+1/t23-,28-,29-,30?,31+,33-,34+,35+,36+,37-,38-,40-,41-,42+,43-/m1/s1. The number of fused-ring (bicyclic) bond motifs is 1. The molecule has 14 N–H and O–H groups in total. The first-order chi connectivity index (χ1) is 31.9. The predicted molar refractivity (Wildman–Crippen MR) is 222 cm³/mol. The van der Waals surface area contributed by atoms with Crippen molar-refractivity contribution in [3.8, 4) is 62.9 Å². The van der Waals surface area contributed by atoms with Crippen LogP contribution in [0.5, 0.6) is 40.2 Å². The molecule has 0 spiro atoms. The number of phenols is 4. The number of phenolic OH excluding ortho intramolecular Hbond substituents is 4. The van der Waals surface area contributed by atoms with Gasteiger partial charge in [-0.15, -0.1) is 0 Å². The fraction of sp³-hybridized carbons (Fsp3) is 0.465. The Bertz CT molecular complexity index is 2350. The highest BCUT2D eigenvalue weighted by atomic mass is 16.8. The molecule has 3 fully saturated rings. The van der Waals surface area contributed by atoms with E-state index in [-0.39, 0.29) is 45.6 Å². The van der Waals surface area contributed by atoms with E-state index in [0.717, 1.165) is 24.3 Å². The molecule has 4 heterocycles. The van der Waals surface area contributed by atoms with E-state index in [1.807, 2.05) is 0 Å². The van der Waals surface area contributed by atoms with Crippen LogP contribution in [0.25, 0.3) is 28.7 Å². The number of aliphatic hydroxyl groups excluding tert-OH is 9. The van der Waals surface area contributed by atoms with Crippen molar-refractivity contribution < 1.29 is 113 Å². The molecule has 2 aromatic rings. The molecule has 0 bridgehead atoms. The molecule has 0 aromatic heterocycles. The van der Waals surface area contributed by atoms with Crippen molar-refractivity contribution in [3.05, 3.63) is 70.4 Å². The minimum absolute atomic E-state index is 0.0348. The summed E-state index contributed by atoms with van der Waals surface area (Å²) in [5.41, 5.74) is -0.232. The maximum Gasteiger partial charge on any atom is 0.283 e. The van der Waals surface area contributed by atoms with Crippen LogP contribution in [-0.2, 0) is 23.7 Å². The van der Waals surface area contributed by atoms with Gasteiger partial charge in [0.25, 0.3) is 6.29 Å². The summed E-state index contributed by atoms with van der Waals surface area (Å²) >= 11 is 0. The molecular formula is C43H51O24+. The summed E-state index contributed by atoms with van der Waals surface area (Å²) in [7, 11) is 2.68. The van der Waals surface area contributed by atoms with Gasteiger partial charge in [-0.1, -0.05) is 0 Å². The summed E-state index contributed by atoms with van der Waals surface area (Å²) in [4.78, 5) is 12.3. The maximum absolute atomic E-state index is 12.3. The summed E-state index contributed by atoms with van der Waals surface area (Å²) in [6.45, 7) is -1.75. The SMILES string of the molecule is COc1cc(C=CC(O)[OH+]C[C@H]2O[C@@H](OC[C@H]3O[C@@H](Oc4cc5c(O)cc(=O)cc-5oc4-c4ccc(O)c(O)c4)[C@H](O[C@@H]4OC[C@@H](O)[C@H](O)[C@H]4O)[C@@H](O)[C@H]3O)[C@H](O)[C@@H](O)[C@@H]2O)cc(OC)c1O. The first kappa shape index (κ1) is 49.5. The van der Waals surface area contributed by atoms with Gasteiger partial charge in [0.1, 0.15) is 66.4 Å². The smallest absolute Gasteiger partial charge is 0.283 e. The molecule has 366 valence electrons. The number of hydrogen-bond acceptors (Lipinski definition) is 23. The summed E-state index contributed by atoms with van der Waals surface area (Å²) in [5, 5.41) is 138. The topological polar surface area (TPSA) is 380 Å². The molecule has 0 saturated carbocycles. The molecule has 67 heavy (non-hydrogen) atoms. The number of hydrogen-bond donors (Lipinski definition) is 13. The molecule has 0 amide bonds. The van der Waals surface area contributed by atoms with Crippen LogP contribution in [-0.4, -0.2) is 197 Å². The number of aliphatic hydroxyl groups is 11. The van der Waals surface area contributed by atoms with Crippen LogP contribution in [0.3, 0.4) is 0 Å². The zero-order valence-corrected chi connectivity index (χ0v) is 35.4. The van der Waals surface area contributed by atoms with E-state index in [1.165, 1.54) is 50.6 Å². The predicted octanol–water partition coefficient (Wildman–Crippen LogP) is -2.72.